The summed E-state index contributed by atoms with van der Waals surface area (Å²) in [5.74, 6) is -1.60. The fourth-order valence-electron chi connectivity index (χ4n) is 4.55. The molecule has 164 valence electrons. The number of nitrogen functional groups attached to an aromatic ring is 1. The molecule has 0 saturated heterocycles. The van der Waals surface area contributed by atoms with Gasteiger partial charge in [0.2, 0.25) is 0 Å². The zero-order chi connectivity index (χ0) is 23.1. The predicted molar refractivity (Wildman–Crippen MR) is 124 cm³/mol. The van der Waals surface area contributed by atoms with Crippen LogP contribution in [0.15, 0.2) is 78.6 Å². The van der Waals surface area contributed by atoms with Crippen LogP contribution in [-0.4, -0.2) is 27.7 Å². The Kier molecular flexibility index (Phi) is 4.94. The quantitative estimate of drug-likeness (QED) is 0.282. The molecule has 1 heterocycles. The number of fused-ring (bicyclic) bond motifs is 3. The average molecular weight is 438 g/mol. The van der Waals surface area contributed by atoms with E-state index in [1.54, 1.807) is 17.0 Å². The lowest BCUT2D eigenvalue weighted by molar-refractivity contribution is -0.136. The van der Waals surface area contributed by atoms with Crippen molar-refractivity contribution in [2.75, 3.05) is 0 Å². The Balaban J connectivity index is 1.50. The Morgan fingerprint density at radius 1 is 1.06 bits per heavy atom. The van der Waals surface area contributed by atoms with E-state index in [-0.39, 0.29) is 17.4 Å². The SMILES string of the molecule is N=C(N)c1ccc(CN2C=C(C(=O)O)NC(=O)C2c2ccc3c(c2)Cc2ccccc2-3)cc1. The molecule has 0 bridgehead atoms. The van der Waals surface area contributed by atoms with Crippen LogP contribution in [0.1, 0.15) is 33.9 Å². The van der Waals surface area contributed by atoms with Crippen LogP contribution in [0.5, 0.6) is 0 Å². The second-order valence-electron chi connectivity index (χ2n) is 8.27. The van der Waals surface area contributed by atoms with E-state index in [1.807, 2.05) is 42.5 Å². The second-order valence-corrected chi connectivity index (χ2v) is 8.27. The highest BCUT2D eigenvalue weighted by Gasteiger charge is 2.33. The minimum atomic E-state index is -1.19. The van der Waals surface area contributed by atoms with E-state index in [2.05, 4.69) is 17.4 Å². The minimum Gasteiger partial charge on any atom is -0.477 e. The van der Waals surface area contributed by atoms with E-state index in [0.29, 0.717) is 12.1 Å². The van der Waals surface area contributed by atoms with Gasteiger partial charge in [0.05, 0.1) is 0 Å². The molecular weight excluding hydrogens is 416 g/mol. The van der Waals surface area contributed by atoms with Crippen molar-refractivity contribution in [2.45, 2.75) is 19.0 Å². The van der Waals surface area contributed by atoms with Crippen LogP contribution in [-0.2, 0) is 22.6 Å². The lowest BCUT2D eigenvalue weighted by Crippen LogP contribution is -2.44. The van der Waals surface area contributed by atoms with Crippen LogP contribution >= 0.6 is 0 Å². The van der Waals surface area contributed by atoms with Gasteiger partial charge in [0, 0.05) is 18.3 Å². The molecule has 0 radical (unpaired) electrons. The van der Waals surface area contributed by atoms with E-state index in [9.17, 15) is 14.7 Å². The summed E-state index contributed by atoms with van der Waals surface area (Å²) in [6, 6.07) is 20.8. The first-order valence-corrected chi connectivity index (χ1v) is 10.6. The Morgan fingerprint density at radius 2 is 1.79 bits per heavy atom. The molecule has 0 aromatic heterocycles. The number of carbonyl (C=O) groups is 2. The highest BCUT2D eigenvalue weighted by Crippen LogP contribution is 2.39. The highest BCUT2D eigenvalue weighted by atomic mass is 16.4. The Bertz CT molecular complexity index is 1330. The van der Waals surface area contributed by atoms with Crippen molar-refractivity contribution >= 4 is 17.7 Å². The summed E-state index contributed by atoms with van der Waals surface area (Å²) in [7, 11) is 0. The smallest absolute Gasteiger partial charge is 0.353 e. The van der Waals surface area contributed by atoms with Gasteiger partial charge in [-0.15, -0.1) is 0 Å². The number of carbonyl (C=O) groups excluding carboxylic acids is 1. The van der Waals surface area contributed by atoms with Gasteiger partial charge in [0.15, 0.2) is 0 Å². The maximum Gasteiger partial charge on any atom is 0.353 e. The molecule has 0 saturated carbocycles. The molecule has 7 heteroatoms. The highest BCUT2D eigenvalue weighted by molar-refractivity contribution is 5.96. The van der Waals surface area contributed by atoms with Crippen LogP contribution in [0, 0.1) is 5.41 Å². The monoisotopic (exact) mass is 438 g/mol. The first-order valence-electron chi connectivity index (χ1n) is 10.6. The normalized spacial score (nSPS) is 16.5. The number of rotatable bonds is 5. The fraction of sp³-hybridized carbons (Fsp3) is 0.115. The summed E-state index contributed by atoms with van der Waals surface area (Å²) in [6.45, 7) is 0.324. The van der Waals surface area contributed by atoms with Crippen molar-refractivity contribution in [2.24, 2.45) is 5.73 Å². The molecule has 33 heavy (non-hydrogen) atoms. The minimum absolute atomic E-state index is 0.0241. The van der Waals surface area contributed by atoms with Crippen LogP contribution in [0.4, 0.5) is 0 Å². The van der Waals surface area contributed by atoms with Crippen molar-refractivity contribution in [1.82, 2.24) is 10.2 Å². The van der Waals surface area contributed by atoms with Crippen molar-refractivity contribution in [3.8, 4) is 11.1 Å². The second kappa shape index (κ2) is 7.94. The first kappa shape index (κ1) is 20.5. The largest absolute Gasteiger partial charge is 0.477 e. The van der Waals surface area contributed by atoms with Crippen LogP contribution in [0.25, 0.3) is 11.1 Å². The molecule has 1 aliphatic heterocycles. The Labute approximate surface area is 190 Å². The fourth-order valence-corrected chi connectivity index (χ4v) is 4.55. The number of carboxylic acid groups (broad SMARTS) is 1. The van der Waals surface area contributed by atoms with E-state index in [1.165, 1.54) is 22.9 Å². The number of amidine groups is 1. The maximum atomic E-state index is 13.1. The lowest BCUT2D eigenvalue weighted by atomic mass is 9.96. The van der Waals surface area contributed by atoms with Gasteiger partial charge >= 0.3 is 5.97 Å². The van der Waals surface area contributed by atoms with Crippen molar-refractivity contribution in [3.63, 3.8) is 0 Å². The van der Waals surface area contributed by atoms with Gasteiger partial charge in [-0.25, -0.2) is 4.79 Å². The predicted octanol–water partition coefficient (Wildman–Crippen LogP) is 3.14. The zero-order valence-electron chi connectivity index (χ0n) is 17.7. The summed E-state index contributed by atoms with van der Waals surface area (Å²) in [5, 5.41) is 19.6. The molecular formula is C26H22N4O3. The van der Waals surface area contributed by atoms with Crippen molar-refractivity contribution < 1.29 is 14.7 Å². The molecule has 7 nitrogen and oxygen atoms in total. The summed E-state index contributed by atoms with van der Waals surface area (Å²) in [5.41, 5.74) is 12.4. The summed E-state index contributed by atoms with van der Waals surface area (Å²) in [6.07, 6.45) is 2.28. The Hall–Kier alpha value is -4.39. The molecule has 0 spiro atoms. The molecule has 0 fully saturated rings. The van der Waals surface area contributed by atoms with Crippen LogP contribution < -0.4 is 11.1 Å². The molecule has 3 aromatic rings. The molecule has 1 aliphatic carbocycles. The van der Waals surface area contributed by atoms with Gasteiger partial charge in [-0.1, -0.05) is 66.7 Å². The molecule has 1 unspecified atom stereocenters. The van der Waals surface area contributed by atoms with Gasteiger partial charge in [-0.2, -0.15) is 0 Å². The number of hydrogen-bond acceptors (Lipinski definition) is 4. The number of amides is 1. The number of aliphatic carboxylic acids is 1. The number of nitrogens with zero attached hydrogens (tertiary/aromatic N) is 1. The van der Waals surface area contributed by atoms with Gasteiger partial charge in [0.1, 0.15) is 17.6 Å². The maximum absolute atomic E-state index is 13.1. The van der Waals surface area contributed by atoms with Crippen LogP contribution in [0.2, 0.25) is 0 Å². The molecule has 1 atom stereocenters. The third-order valence-electron chi connectivity index (χ3n) is 6.13. The van der Waals surface area contributed by atoms with E-state index < -0.39 is 12.0 Å². The number of benzene rings is 3. The number of hydrogen-bond donors (Lipinski definition) is 4. The van der Waals surface area contributed by atoms with E-state index in [4.69, 9.17) is 11.1 Å². The summed E-state index contributed by atoms with van der Waals surface area (Å²) < 4.78 is 0. The van der Waals surface area contributed by atoms with E-state index in [0.717, 1.165) is 23.1 Å². The average Bonchev–Trinajstić information content (AvgIpc) is 3.17. The van der Waals surface area contributed by atoms with Crippen LogP contribution in [0.3, 0.4) is 0 Å². The lowest BCUT2D eigenvalue weighted by Gasteiger charge is -2.34. The molecule has 2 aliphatic rings. The third-order valence-corrected chi connectivity index (χ3v) is 6.13. The molecule has 3 aromatic carbocycles. The molecule has 1 amide bonds. The first-order chi connectivity index (χ1) is 15.9. The van der Waals surface area contributed by atoms with E-state index >= 15 is 0 Å². The summed E-state index contributed by atoms with van der Waals surface area (Å²) in [4.78, 5) is 26.4. The number of nitrogens with two attached hydrogens (primary N) is 1. The Morgan fingerprint density at radius 3 is 2.52 bits per heavy atom. The van der Waals surface area contributed by atoms with Crippen molar-refractivity contribution in [3.05, 3.63) is 106 Å². The van der Waals surface area contributed by atoms with Gasteiger partial charge in [-0.3, -0.25) is 10.2 Å². The number of carboxylic acids is 1. The van der Waals surface area contributed by atoms with Gasteiger partial charge < -0.3 is 21.1 Å². The molecule has 5 rings (SSSR count). The number of nitrogens with one attached hydrogen (secondary N) is 2. The van der Waals surface area contributed by atoms with Gasteiger partial charge in [0.25, 0.3) is 5.91 Å². The standard InChI is InChI=1S/C26H22N4O3/c27-24(28)16-7-5-15(6-8-16)13-30-14-22(26(32)33)29-25(31)23(30)18-9-10-21-19(12-18)11-17-3-1-2-4-20(17)21/h1-10,12,14,23H,11,13H2,(H3,27,28)(H,29,31)(H,32,33). The third kappa shape index (κ3) is 3.74. The molecule has 5 N–H and O–H groups in total. The van der Waals surface area contributed by atoms with Gasteiger partial charge in [-0.05, 0) is 39.8 Å². The summed E-state index contributed by atoms with van der Waals surface area (Å²) >= 11 is 0. The van der Waals surface area contributed by atoms with Crippen molar-refractivity contribution in [1.29, 1.82) is 5.41 Å². The topological polar surface area (TPSA) is 120 Å². The zero-order valence-corrected chi connectivity index (χ0v) is 17.7.